The third-order valence-electron chi connectivity index (χ3n) is 4.62. The Bertz CT molecular complexity index is 361. The predicted molar refractivity (Wildman–Crippen MR) is 78.0 cm³/mol. The maximum atomic E-state index is 12.0. The van der Waals surface area contributed by atoms with Gasteiger partial charge in [0.25, 0.3) is 0 Å². The fourth-order valence-electron chi connectivity index (χ4n) is 3.24. The van der Waals surface area contributed by atoms with Gasteiger partial charge in [0.2, 0.25) is 5.91 Å². The first kappa shape index (κ1) is 16.2. The molecule has 1 aliphatic heterocycles. The highest BCUT2D eigenvalue weighted by Gasteiger charge is 2.41. The first-order valence-electron chi connectivity index (χ1n) is 7.93. The number of nitrogens with zero attached hydrogens (tertiary/aromatic N) is 1. The van der Waals surface area contributed by atoms with Gasteiger partial charge in [0.1, 0.15) is 0 Å². The molecule has 21 heavy (non-hydrogen) atoms. The van der Waals surface area contributed by atoms with E-state index in [9.17, 15) is 14.7 Å². The minimum absolute atomic E-state index is 0.117. The molecule has 1 heterocycles. The normalized spacial score (nSPS) is 22.7. The van der Waals surface area contributed by atoms with Crippen LogP contribution in [0.2, 0.25) is 0 Å². The van der Waals surface area contributed by atoms with E-state index in [2.05, 4.69) is 10.2 Å². The zero-order chi connectivity index (χ0) is 15.1. The first-order chi connectivity index (χ1) is 10.1. The Morgan fingerprint density at radius 3 is 2.43 bits per heavy atom. The zero-order valence-corrected chi connectivity index (χ0v) is 12.6. The van der Waals surface area contributed by atoms with Crippen molar-refractivity contribution in [2.75, 3.05) is 39.4 Å². The third-order valence-corrected chi connectivity index (χ3v) is 4.62. The Morgan fingerprint density at radius 2 is 1.81 bits per heavy atom. The van der Waals surface area contributed by atoms with Crippen molar-refractivity contribution >= 4 is 11.9 Å². The van der Waals surface area contributed by atoms with Crippen molar-refractivity contribution < 1.29 is 19.4 Å². The van der Waals surface area contributed by atoms with E-state index in [0.717, 1.165) is 52.1 Å². The van der Waals surface area contributed by atoms with E-state index in [-0.39, 0.29) is 12.3 Å². The number of rotatable bonds is 6. The van der Waals surface area contributed by atoms with Crippen LogP contribution >= 0.6 is 0 Å². The second-order valence-electron chi connectivity index (χ2n) is 6.13. The molecule has 0 bridgehead atoms. The van der Waals surface area contributed by atoms with Gasteiger partial charge in [-0.1, -0.05) is 19.3 Å². The molecular weight excluding hydrogens is 272 g/mol. The first-order valence-corrected chi connectivity index (χ1v) is 7.93. The Morgan fingerprint density at radius 1 is 1.14 bits per heavy atom. The number of carboxylic acids is 1. The van der Waals surface area contributed by atoms with Crippen molar-refractivity contribution in [1.29, 1.82) is 0 Å². The molecule has 0 spiro atoms. The quantitative estimate of drug-likeness (QED) is 0.760. The Hall–Kier alpha value is -1.14. The van der Waals surface area contributed by atoms with Crippen LogP contribution in [-0.2, 0) is 14.3 Å². The summed E-state index contributed by atoms with van der Waals surface area (Å²) in [6.45, 7) is 4.67. The Labute approximate surface area is 125 Å². The number of carboxylic acid groups (broad SMARTS) is 1. The molecule has 0 aromatic rings. The van der Waals surface area contributed by atoms with Crippen molar-refractivity contribution in [3.05, 3.63) is 0 Å². The standard InChI is InChI=1S/C15H26N2O4/c18-13(16-6-7-17-8-10-21-11-9-17)12-15(14(19)20)4-2-1-3-5-15/h1-12H2,(H,16,18)(H,19,20). The average molecular weight is 298 g/mol. The number of carbonyl (C=O) groups is 2. The molecule has 1 saturated heterocycles. The lowest BCUT2D eigenvalue weighted by molar-refractivity contribution is -0.154. The van der Waals surface area contributed by atoms with Gasteiger partial charge in [-0.05, 0) is 12.8 Å². The van der Waals surface area contributed by atoms with E-state index >= 15 is 0 Å². The van der Waals surface area contributed by atoms with Crippen molar-refractivity contribution in [2.24, 2.45) is 5.41 Å². The highest BCUT2D eigenvalue weighted by atomic mass is 16.5. The van der Waals surface area contributed by atoms with Gasteiger partial charge in [0.15, 0.2) is 0 Å². The minimum Gasteiger partial charge on any atom is -0.481 e. The molecule has 2 rings (SSSR count). The summed E-state index contributed by atoms with van der Waals surface area (Å²) >= 11 is 0. The van der Waals surface area contributed by atoms with Gasteiger partial charge in [0, 0.05) is 32.6 Å². The van der Waals surface area contributed by atoms with Gasteiger partial charge in [-0.25, -0.2) is 0 Å². The molecule has 6 heteroatoms. The van der Waals surface area contributed by atoms with E-state index in [1.54, 1.807) is 0 Å². The summed E-state index contributed by atoms with van der Waals surface area (Å²) in [6, 6.07) is 0. The van der Waals surface area contributed by atoms with Crippen LogP contribution in [0.25, 0.3) is 0 Å². The van der Waals surface area contributed by atoms with Crippen molar-refractivity contribution in [1.82, 2.24) is 10.2 Å². The molecule has 1 amide bonds. The molecular formula is C15H26N2O4. The highest BCUT2D eigenvalue weighted by molar-refractivity contribution is 5.85. The van der Waals surface area contributed by atoms with Gasteiger partial charge in [-0.3, -0.25) is 14.5 Å². The Balaban J connectivity index is 1.73. The molecule has 0 radical (unpaired) electrons. The predicted octanol–water partition coefficient (Wildman–Crippen LogP) is 0.860. The summed E-state index contributed by atoms with van der Waals surface area (Å²) in [5.74, 6) is -0.946. The van der Waals surface area contributed by atoms with Crippen molar-refractivity contribution in [3.8, 4) is 0 Å². The second-order valence-corrected chi connectivity index (χ2v) is 6.13. The largest absolute Gasteiger partial charge is 0.481 e. The van der Waals surface area contributed by atoms with E-state index in [1.165, 1.54) is 0 Å². The van der Waals surface area contributed by atoms with Gasteiger partial charge in [-0.15, -0.1) is 0 Å². The number of morpholine rings is 1. The lowest BCUT2D eigenvalue weighted by Gasteiger charge is -2.32. The minimum atomic E-state index is -0.832. The number of hydrogen-bond acceptors (Lipinski definition) is 4. The van der Waals surface area contributed by atoms with Crippen LogP contribution in [0.5, 0.6) is 0 Å². The number of ether oxygens (including phenoxy) is 1. The Kier molecular flexibility index (Phi) is 5.99. The van der Waals surface area contributed by atoms with Crippen LogP contribution in [0.15, 0.2) is 0 Å². The molecule has 0 aromatic heterocycles. The van der Waals surface area contributed by atoms with Crippen LogP contribution in [0, 0.1) is 5.41 Å². The zero-order valence-electron chi connectivity index (χ0n) is 12.6. The summed E-state index contributed by atoms with van der Waals surface area (Å²) in [7, 11) is 0. The summed E-state index contributed by atoms with van der Waals surface area (Å²) in [5.41, 5.74) is -0.832. The monoisotopic (exact) mass is 298 g/mol. The highest BCUT2D eigenvalue weighted by Crippen LogP contribution is 2.39. The lowest BCUT2D eigenvalue weighted by Crippen LogP contribution is -2.43. The average Bonchev–Trinajstić information content (AvgIpc) is 2.49. The van der Waals surface area contributed by atoms with E-state index in [0.29, 0.717) is 19.4 Å². The van der Waals surface area contributed by atoms with E-state index in [4.69, 9.17) is 4.74 Å². The van der Waals surface area contributed by atoms with Crippen LogP contribution in [0.1, 0.15) is 38.5 Å². The molecule has 1 aliphatic carbocycles. The fraction of sp³-hybridized carbons (Fsp3) is 0.867. The number of amides is 1. The van der Waals surface area contributed by atoms with Gasteiger partial charge in [-0.2, -0.15) is 0 Å². The molecule has 2 aliphatic rings. The summed E-state index contributed by atoms with van der Waals surface area (Å²) < 4.78 is 5.27. The van der Waals surface area contributed by atoms with Crippen LogP contribution in [0.3, 0.4) is 0 Å². The smallest absolute Gasteiger partial charge is 0.310 e. The van der Waals surface area contributed by atoms with E-state index < -0.39 is 11.4 Å². The summed E-state index contributed by atoms with van der Waals surface area (Å²) in [5, 5.41) is 12.3. The van der Waals surface area contributed by atoms with Crippen molar-refractivity contribution in [2.45, 2.75) is 38.5 Å². The molecule has 0 aromatic carbocycles. The van der Waals surface area contributed by atoms with Gasteiger partial charge >= 0.3 is 5.97 Å². The third kappa shape index (κ3) is 4.68. The summed E-state index contributed by atoms with van der Waals surface area (Å²) in [6.07, 6.45) is 4.26. The molecule has 0 atom stereocenters. The maximum Gasteiger partial charge on any atom is 0.310 e. The maximum absolute atomic E-state index is 12.0. The number of hydrogen-bond donors (Lipinski definition) is 2. The number of aliphatic carboxylic acids is 1. The molecule has 1 saturated carbocycles. The topological polar surface area (TPSA) is 78.9 Å². The lowest BCUT2D eigenvalue weighted by atomic mass is 9.71. The molecule has 2 fully saturated rings. The molecule has 6 nitrogen and oxygen atoms in total. The van der Waals surface area contributed by atoms with Crippen LogP contribution < -0.4 is 5.32 Å². The fourth-order valence-corrected chi connectivity index (χ4v) is 3.24. The van der Waals surface area contributed by atoms with E-state index in [1.807, 2.05) is 0 Å². The SMILES string of the molecule is O=C(CC1(C(=O)O)CCCCC1)NCCN1CCOCC1. The van der Waals surface area contributed by atoms with Crippen LogP contribution in [-0.4, -0.2) is 61.3 Å². The second kappa shape index (κ2) is 7.75. The van der Waals surface area contributed by atoms with Crippen LogP contribution in [0.4, 0.5) is 0 Å². The van der Waals surface area contributed by atoms with Crippen molar-refractivity contribution in [3.63, 3.8) is 0 Å². The summed E-state index contributed by atoms with van der Waals surface area (Å²) in [4.78, 5) is 25.8. The number of carbonyl (C=O) groups excluding carboxylic acids is 1. The molecule has 0 unspecified atom stereocenters. The van der Waals surface area contributed by atoms with Gasteiger partial charge in [0.05, 0.1) is 18.6 Å². The molecule has 2 N–H and O–H groups in total. The molecule has 120 valence electrons. The number of nitrogens with one attached hydrogen (secondary N) is 1. The van der Waals surface area contributed by atoms with Gasteiger partial charge < -0.3 is 15.2 Å².